The van der Waals surface area contributed by atoms with E-state index in [1.165, 1.54) is 11.6 Å². The van der Waals surface area contributed by atoms with Gasteiger partial charge in [-0.15, -0.1) is 0 Å². The Morgan fingerprint density at radius 2 is 1.48 bits per heavy atom. The molecule has 0 spiro atoms. The van der Waals surface area contributed by atoms with Crippen LogP contribution in [0.25, 0.3) is 11.3 Å². The first-order chi connectivity index (χ1) is 15.8. The lowest BCUT2D eigenvalue weighted by Crippen LogP contribution is -2.14. The molecule has 2 N–H and O–H groups in total. The number of aryl methyl sites for hydroxylation is 2. The number of amides is 2. The summed E-state index contributed by atoms with van der Waals surface area (Å²) in [6.45, 7) is 4.07. The molecule has 0 aliphatic rings. The van der Waals surface area contributed by atoms with Crippen LogP contribution in [-0.2, 0) is 0 Å². The Morgan fingerprint density at radius 3 is 2.18 bits per heavy atom. The van der Waals surface area contributed by atoms with Crippen molar-refractivity contribution in [3.05, 3.63) is 105 Å². The fourth-order valence-electron chi connectivity index (χ4n) is 3.25. The van der Waals surface area contributed by atoms with Gasteiger partial charge >= 0.3 is 0 Å². The van der Waals surface area contributed by atoms with E-state index in [0.29, 0.717) is 27.7 Å². The van der Waals surface area contributed by atoms with Crippen molar-refractivity contribution in [2.75, 3.05) is 10.6 Å². The third kappa shape index (κ3) is 5.28. The highest BCUT2D eigenvalue weighted by Gasteiger charge is 2.15. The molecule has 0 saturated heterocycles. The van der Waals surface area contributed by atoms with Crippen LogP contribution >= 0.6 is 23.2 Å². The Labute approximate surface area is 201 Å². The molecule has 2 amide bonds. The van der Waals surface area contributed by atoms with Crippen molar-refractivity contribution in [2.24, 2.45) is 0 Å². The van der Waals surface area contributed by atoms with E-state index in [4.69, 9.17) is 27.6 Å². The Kier molecular flexibility index (Phi) is 6.54. The summed E-state index contributed by atoms with van der Waals surface area (Å²) in [7, 11) is 0. The molecule has 33 heavy (non-hydrogen) atoms. The van der Waals surface area contributed by atoms with Gasteiger partial charge < -0.3 is 15.1 Å². The summed E-state index contributed by atoms with van der Waals surface area (Å²) in [6.07, 6.45) is 0. The monoisotopic (exact) mass is 478 g/mol. The molecule has 1 aromatic heterocycles. The minimum atomic E-state index is -0.394. The van der Waals surface area contributed by atoms with Gasteiger partial charge in [-0.1, -0.05) is 41.4 Å². The van der Waals surface area contributed by atoms with Crippen molar-refractivity contribution in [3.8, 4) is 11.3 Å². The Hall–Kier alpha value is -3.54. The van der Waals surface area contributed by atoms with Crippen LogP contribution in [0.3, 0.4) is 0 Å². The number of nitrogens with one attached hydrogen (secondary N) is 2. The largest absolute Gasteiger partial charge is 0.451 e. The van der Waals surface area contributed by atoms with Crippen LogP contribution in [0.15, 0.2) is 77.2 Å². The molecule has 0 aliphatic heterocycles. The molecular weight excluding hydrogens is 459 g/mol. The maximum absolute atomic E-state index is 12.7. The summed E-state index contributed by atoms with van der Waals surface area (Å²) in [5, 5.41) is 6.25. The van der Waals surface area contributed by atoms with Crippen LogP contribution < -0.4 is 10.6 Å². The van der Waals surface area contributed by atoms with E-state index in [1.807, 2.05) is 32.0 Å². The van der Waals surface area contributed by atoms with E-state index < -0.39 is 5.91 Å². The zero-order valence-corrected chi connectivity index (χ0v) is 19.4. The third-order valence-corrected chi connectivity index (χ3v) is 5.72. The summed E-state index contributed by atoms with van der Waals surface area (Å²) in [5.41, 5.74) is 4.54. The smallest absolute Gasteiger partial charge is 0.291 e. The van der Waals surface area contributed by atoms with E-state index in [2.05, 4.69) is 10.6 Å². The molecule has 1 heterocycles. The lowest BCUT2D eigenvalue weighted by atomic mass is 10.1. The number of furan rings is 1. The van der Waals surface area contributed by atoms with Gasteiger partial charge in [-0.25, -0.2) is 0 Å². The molecule has 3 aromatic carbocycles. The highest BCUT2D eigenvalue weighted by atomic mass is 35.5. The Morgan fingerprint density at radius 1 is 0.758 bits per heavy atom. The molecule has 0 unspecified atom stereocenters. The molecule has 0 atom stereocenters. The van der Waals surface area contributed by atoms with Gasteiger partial charge in [0.25, 0.3) is 11.8 Å². The molecule has 166 valence electrons. The van der Waals surface area contributed by atoms with Gasteiger partial charge in [-0.3, -0.25) is 9.59 Å². The average molecular weight is 479 g/mol. The standard InChI is InChI=1S/C26H20Cl2N2O3/c1-15-6-7-17(12-16(15)2)23-10-11-24(33-23)26(32)30-20-5-3-4-19(14-20)29-25(31)21-9-8-18(27)13-22(21)28/h3-14H,1-2H3,(H,29,31)(H,30,32). The Balaban J connectivity index is 1.46. The Bertz CT molecular complexity index is 1360. The number of carbonyl (C=O) groups excluding carboxylic acids is 2. The molecule has 0 saturated carbocycles. The van der Waals surface area contributed by atoms with Gasteiger partial charge in [0, 0.05) is 22.0 Å². The molecule has 7 heteroatoms. The minimum Gasteiger partial charge on any atom is -0.451 e. The summed E-state index contributed by atoms with van der Waals surface area (Å²) in [5.74, 6) is 0.0215. The van der Waals surface area contributed by atoms with E-state index in [0.717, 1.165) is 11.1 Å². The number of rotatable bonds is 5. The first-order valence-corrected chi connectivity index (χ1v) is 10.9. The number of benzene rings is 3. The summed E-state index contributed by atoms with van der Waals surface area (Å²) in [4.78, 5) is 25.2. The van der Waals surface area contributed by atoms with Gasteiger partial charge in [0.2, 0.25) is 0 Å². The van der Waals surface area contributed by atoms with E-state index >= 15 is 0 Å². The van der Waals surface area contributed by atoms with Gasteiger partial charge in [-0.05, 0) is 79.6 Å². The average Bonchev–Trinajstić information content (AvgIpc) is 3.26. The van der Waals surface area contributed by atoms with Crippen molar-refractivity contribution < 1.29 is 14.0 Å². The molecule has 4 aromatic rings. The summed E-state index contributed by atoms with van der Waals surface area (Å²) >= 11 is 12.0. The van der Waals surface area contributed by atoms with E-state index in [1.54, 1.807) is 48.5 Å². The molecular formula is C26H20Cl2N2O3. The SMILES string of the molecule is Cc1ccc(-c2ccc(C(=O)Nc3cccc(NC(=O)c4ccc(Cl)cc4Cl)c3)o2)cc1C. The fraction of sp³-hybridized carbons (Fsp3) is 0.0769. The lowest BCUT2D eigenvalue weighted by Gasteiger charge is -2.09. The first-order valence-electron chi connectivity index (χ1n) is 10.2. The second-order valence-electron chi connectivity index (χ2n) is 7.58. The zero-order chi connectivity index (χ0) is 23.5. The quantitative estimate of drug-likeness (QED) is 0.314. The van der Waals surface area contributed by atoms with Gasteiger partial charge in [0.05, 0.1) is 10.6 Å². The first kappa shape index (κ1) is 22.6. The van der Waals surface area contributed by atoms with E-state index in [9.17, 15) is 9.59 Å². The zero-order valence-electron chi connectivity index (χ0n) is 17.9. The van der Waals surface area contributed by atoms with Gasteiger partial charge in [0.15, 0.2) is 5.76 Å². The molecule has 0 radical (unpaired) electrons. The fourth-order valence-corrected chi connectivity index (χ4v) is 3.74. The van der Waals surface area contributed by atoms with Crippen molar-refractivity contribution in [1.29, 1.82) is 0 Å². The topological polar surface area (TPSA) is 71.3 Å². The number of carbonyl (C=O) groups is 2. The molecule has 4 rings (SSSR count). The second-order valence-corrected chi connectivity index (χ2v) is 8.42. The normalized spacial score (nSPS) is 10.7. The van der Waals surface area contributed by atoms with Crippen LogP contribution in [0.2, 0.25) is 10.0 Å². The van der Waals surface area contributed by atoms with E-state index in [-0.39, 0.29) is 16.7 Å². The van der Waals surface area contributed by atoms with Crippen LogP contribution in [0, 0.1) is 13.8 Å². The maximum Gasteiger partial charge on any atom is 0.291 e. The van der Waals surface area contributed by atoms with Gasteiger partial charge in [0.1, 0.15) is 5.76 Å². The van der Waals surface area contributed by atoms with Gasteiger partial charge in [-0.2, -0.15) is 0 Å². The van der Waals surface area contributed by atoms with Crippen LogP contribution in [0.4, 0.5) is 11.4 Å². The maximum atomic E-state index is 12.7. The highest BCUT2D eigenvalue weighted by Crippen LogP contribution is 2.26. The van der Waals surface area contributed by atoms with Crippen molar-refractivity contribution in [3.63, 3.8) is 0 Å². The van der Waals surface area contributed by atoms with Crippen LogP contribution in [0.1, 0.15) is 32.0 Å². The highest BCUT2D eigenvalue weighted by molar-refractivity contribution is 6.37. The number of hydrogen-bond acceptors (Lipinski definition) is 3. The van der Waals surface area contributed by atoms with Crippen molar-refractivity contribution in [1.82, 2.24) is 0 Å². The number of halogens is 2. The second kappa shape index (κ2) is 9.53. The molecule has 0 bridgehead atoms. The van der Waals surface area contributed by atoms with Crippen LogP contribution in [-0.4, -0.2) is 11.8 Å². The molecule has 5 nitrogen and oxygen atoms in total. The van der Waals surface area contributed by atoms with Crippen LogP contribution in [0.5, 0.6) is 0 Å². The molecule has 0 aliphatic carbocycles. The third-order valence-electron chi connectivity index (χ3n) is 5.18. The van der Waals surface area contributed by atoms with Crippen molar-refractivity contribution in [2.45, 2.75) is 13.8 Å². The summed E-state index contributed by atoms with van der Waals surface area (Å²) in [6, 6.07) is 20.8. The lowest BCUT2D eigenvalue weighted by molar-refractivity contribution is 0.0995. The molecule has 0 fully saturated rings. The van der Waals surface area contributed by atoms with Crippen molar-refractivity contribution >= 4 is 46.4 Å². The summed E-state index contributed by atoms with van der Waals surface area (Å²) < 4.78 is 5.77. The predicted molar refractivity (Wildman–Crippen MR) is 132 cm³/mol. The minimum absolute atomic E-state index is 0.186. The number of anilines is 2. The number of hydrogen-bond donors (Lipinski definition) is 2. The predicted octanol–water partition coefficient (Wildman–Crippen LogP) is 7.37.